The van der Waals surface area contributed by atoms with Crippen molar-refractivity contribution in [3.8, 4) is 11.4 Å². The number of alkyl halides is 3. The van der Waals surface area contributed by atoms with E-state index in [1.165, 1.54) is 25.3 Å². The molecule has 0 aliphatic rings. The van der Waals surface area contributed by atoms with Crippen molar-refractivity contribution in [2.45, 2.75) is 6.18 Å². The number of hydrogen-bond donors (Lipinski definition) is 1. The van der Waals surface area contributed by atoms with E-state index in [0.29, 0.717) is 5.75 Å². The maximum absolute atomic E-state index is 12.7. The molecule has 3 aromatic rings. The first kappa shape index (κ1) is 17.5. The van der Waals surface area contributed by atoms with Gasteiger partial charge < -0.3 is 9.84 Å². The average Bonchev–Trinajstić information content (AvgIpc) is 2.60. The Kier molecular flexibility index (Phi) is 4.15. The maximum atomic E-state index is 12.7. The number of carboxylic acid groups (broad SMARTS) is 1. The molecule has 134 valence electrons. The Labute approximate surface area is 144 Å². The van der Waals surface area contributed by atoms with E-state index in [0.717, 1.165) is 28.9 Å². The predicted octanol–water partition coefficient (Wildman–Crippen LogP) is 3.11. The number of methoxy groups -OCH3 is 1. The van der Waals surface area contributed by atoms with Gasteiger partial charge in [-0.1, -0.05) is 0 Å². The summed E-state index contributed by atoms with van der Waals surface area (Å²) in [7, 11) is 1.40. The summed E-state index contributed by atoms with van der Waals surface area (Å²) in [6.07, 6.45) is -4.51. The number of carboxylic acids is 1. The maximum Gasteiger partial charge on any atom is 0.416 e. The van der Waals surface area contributed by atoms with Gasteiger partial charge in [0.2, 0.25) is 11.1 Å². The number of ether oxygens (including phenoxy) is 1. The molecule has 0 fully saturated rings. The fourth-order valence-corrected chi connectivity index (χ4v) is 2.46. The van der Waals surface area contributed by atoms with Gasteiger partial charge in [0.25, 0.3) is 0 Å². The van der Waals surface area contributed by atoms with Crippen LogP contribution >= 0.6 is 0 Å². The molecule has 0 aliphatic carbocycles. The molecule has 0 saturated heterocycles. The molecule has 0 amide bonds. The molecule has 26 heavy (non-hydrogen) atoms. The van der Waals surface area contributed by atoms with E-state index in [1.807, 2.05) is 0 Å². The van der Waals surface area contributed by atoms with Crippen LogP contribution in [0.25, 0.3) is 16.6 Å². The Hall–Kier alpha value is -3.36. The van der Waals surface area contributed by atoms with Crippen molar-refractivity contribution < 1.29 is 27.8 Å². The number of rotatable bonds is 3. The van der Waals surface area contributed by atoms with E-state index in [2.05, 4.69) is 5.10 Å². The van der Waals surface area contributed by atoms with Gasteiger partial charge in [-0.05, 0) is 36.4 Å². The normalized spacial score (nSPS) is 11.5. The summed E-state index contributed by atoms with van der Waals surface area (Å²) in [4.78, 5) is 23.6. The van der Waals surface area contributed by atoms with Gasteiger partial charge in [-0.15, -0.1) is 0 Å². The second-order valence-corrected chi connectivity index (χ2v) is 5.32. The fraction of sp³-hybridized carbons (Fsp3) is 0.118. The molecule has 9 heteroatoms. The highest BCUT2D eigenvalue weighted by Crippen LogP contribution is 2.30. The van der Waals surface area contributed by atoms with Crippen LogP contribution in [0.1, 0.15) is 16.1 Å². The quantitative estimate of drug-likeness (QED) is 0.772. The third-order valence-corrected chi connectivity index (χ3v) is 3.73. The number of aromatic carboxylic acids is 1. The van der Waals surface area contributed by atoms with Crippen molar-refractivity contribution in [1.82, 2.24) is 9.78 Å². The molecule has 0 spiro atoms. The van der Waals surface area contributed by atoms with Crippen LogP contribution < -0.4 is 10.2 Å². The second kappa shape index (κ2) is 6.17. The number of aromatic nitrogens is 2. The van der Waals surface area contributed by atoms with Gasteiger partial charge in [0.15, 0.2) is 0 Å². The van der Waals surface area contributed by atoms with Crippen molar-refractivity contribution in [3.05, 3.63) is 63.9 Å². The number of carbonyl (C=O) groups is 1. The zero-order valence-electron chi connectivity index (χ0n) is 13.2. The minimum absolute atomic E-state index is 0.0538. The highest BCUT2D eigenvalue weighted by atomic mass is 19.4. The fourth-order valence-electron chi connectivity index (χ4n) is 2.46. The molecule has 1 heterocycles. The van der Waals surface area contributed by atoms with Crippen LogP contribution in [0.2, 0.25) is 0 Å². The van der Waals surface area contributed by atoms with Gasteiger partial charge in [-0.3, -0.25) is 4.79 Å². The topological polar surface area (TPSA) is 81.4 Å². The second-order valence-electron chi connectivity index (χ2n) is 5.32. The minimum Gasteiger partial charge on any atom is -0.497 e. The van der Waals surface area contributed by atoms with E-state index >= 15 is 0 Å². The Morgan fingerprint density at radius 1 is 1.15 bits per heavy atom. The molecule has 0 unspecified atom stereocenters. The van der Waals surface area contributed by atoms with Crippen LogP contribution in [0.15, 0.2) is 47.3 Å². The number of halogens is 3. The molecule has 0 radical (unpaired) electrons. The summed E-state index contributed by atoms with van der Waals surface area (Å²) < 4.78 is 44.4. The third kappa shape index (κ3) is 2.99. The van der Waals surface area contributed by atoms with Gasteiger partial charge in [0.1, 0.15) is 5.75 Å². The van der Waals surface area contributed by atoms with E-state index in [1.54, 1.807) is 0 Å². The zero-order valence-corrected chi connectivity index (χ0v) is 13.2. The first-order chi connectivity index (χ1) is 12.2. The number of benzene rings is 2. The third-order valence-electron chi connectivity index (χ3n) is 3.73. The number of fused-ring (bicyclic) bond motifs is 1. The lowest BCUT2D eigenvalue weighted by molar-refractivity contribution is -0.137. The molecular formula is C17H11F3N2O4. The molecule has 0 atom stereocenters. The van der Waals surface area contributed by atoms with Gasteiger partial charge in [0.05, 0.1) is 29.3 Å². The van der Waals surface area contributed by atoms with Gasteiger partial charge >= 0.3 is 12.1 Å². The van der Waals surface area contributed by atoms with Crippen molar-refractivity contribution in [3.63, 3.8) is 0 Å². The molecule has 3 rings (SSSR count). The molecule has 0 saturated carbocycles. The molecule has 2 aromatic carbocycles. The van der Waals surface area contributed by atoms with E-state index in [-0.39, 0.29) is 16.6 Å². The lowest BCUT2D eigenvalue weighted by Gasteiger charge is -2.13. The van der Waals surface area contributed by atoms with Crippen LogP contribution in [0.5, 0.6) is 5.75 Å². The molecule has 0 aliphatic heterocycles. The number of hydrogen-bond acceptors (Lipinski definition) is 4. The summed E-state index contributed by atoms with van der Waals surface area (Å²) in [6.45, 7) is 0. The van der Waals surface area contributed by atoms with Crippen molar-refractivity contribution in [2.75, 3.05) is 7.11 Å². The standard InChI is InChI=1S/C17H11F3N2O4/c1-26-11-6-7-12-13(8-11)22(21-14(15(12)23)16(24)25)10-4-2-9(3-5-10)17(18,19)20/h2-8H,1H3,(H,24,25). The van der Waals surface area contributed by atoms with Gasteiger partial charge in [-0.25, -0.2) is 9.48 Å². The predicted molar refractivity (Wildman–Crippen MR) is 85.9 cm³/mol. The van der Waals surface area contributed by atoms with E-state index in [4.69, 9.17) is 4.74 Å². The molecular weight excluding hydrogens is 353 g/mol. The zero-order chi connectivity index (χ0) is 19.1. The van der Waals surface area contributed by atoms with Gasteiger partial charge in [0, 0.05) is 6.07 Å². The summed E-state index contributed by atoms with van der Waals surface area (Å²) in [6, 6.07) is 8.30. The molecule has 1 N–H and O–H groups in total. The SMILES string of the molecule is COc1ccc2c(=O)c(C(=O)O)nn(-c3ccc(C(F)(F)F)cc3)c2c1. The minimum atomic E-state index is -4.51. The first-order valence-electron chi connectivity index (χ1n) is 7.24. The lowest BCUT2D eigenvalue weighted by atomic mass is 10.1. The van der Waals surface area contributed by atoms with E-state index < -0.39 is 28.8 Å². The largest absolute Gasteiger partial charge is 0.497 e. The Bertz CT molecular complexity index is 1060. The summed E-state index contributed by atoms with van der Waals surface area (Å²) in [5.74, 6) is -1.16. The average molecular weight is 364 g/mol. The Morgan fingerprint density at radius 2 is 1.81 bits per heavy atom. The van der Waals surface area contributed by atoms with E-state index in [9.17, 15) is 27.9 Å². The molecule has 6 nitrogen and oxygen atoms in total. The highest BCUT2D eigenvalue weighted by molar-refractivity contribution is 5.91. The van der Waals surface area contributed by atoms with Crippen LogP contribution in [0, 0.1) is 0 Å². The molecule has 1 aromatic heterocycles. The lowest BCUT2D eigenvalue weighted by Crippen LogP contribution is -2.22. The summed E-state index contributed by atoms with van der Waals surface area (Å²) in [5.41, 5.74) is -2.01. The van der Waals surface area contributed by atoms with Crippen LogP contribution in [-0.4, -0.2) is 28.0 Å². The highest BCUT2D eigenvalue weighted by Gasteiger charge is 2.30. The molecule has 0 bridgehead atoms. The number of nitrogens with zero attached hydrogens (tertiary/aromatic N) is 2. The Balaban J connectivity index is 2.31. The van der Waals surface area contributed by atoms with Crippen LogP contribution in [0.4, 0.5) is 13.2 Å². The smallest absolute Gasteiger partial charge is 0.416 e. The van der Waals surface area contributed by atoms with Crippen molar-refractivity contribution >= 4 is 16.9 Å². The van der Waals surface area contributed by atoms with Crippen molar-refractivity contribution in [1.29, 1.82) is 0 Å². The first-order valence-corrected chi connectivity index (χ1v) is 7.24. The van der Waals surface area contributed by atoms with Crippen LogP contribution in [0.3, 0.4) is 0 Å². The summed E-state index contributed by atoms with van der Waals surface area (Å²) >= 11 is 0. The van der Waals surface area contributed by atoms with Crippen molar-refractivity contribution in [2.24, 2.45) is 0 Å². The summed E-state index contributed by atoms with van der Waals surface area (Å²) in [5, 5.41) is 13.1. The monoisotopic (exact) mass is 364 g/mol. The van der Waals surface area contributed by atoms with Gasteiger partial charge in [-0.2, -0.15) is 18.3 Å². The Morgan fingerprint density at radius 3 is 2.35 bits per heavy atom. The van der Waals surface area contributed by atoms with Crippen LogP contribution in [-0.2, 0) is 6.18 Å².